The summed E-state index contributed by atoms with van der Waals surface area (Å²) in [6, 6.07) is 6.47. The fourth-order valence-electron chi connectivity index (χ4n) is 2.94. The zero-order valence-electron chi connectivity index (χ0n) is 13.4. The van der Waals surface area contributed by atoms with Crippen LogP contribution in [0.1, 0.15) is 48.0 Å². The molecular weight excluding hydrogens is 346 g/mol. The number of hydrogen-bond acceptors (Lipinski definition) is 6. The highest BCUT2D eigenvalue weighted by Crippen LogP contribution is 2.30. The maximum Gasteiger partial charge on any atom is 0.269 e. The molecule has 1 aromatic carbocycles. The van der Waals surface area contributed by atoms with Gasteiger partial charge in [0.05, 0.1) is 15.8 Å². The van der Waals surface area contributed by atoms with Crippen LogP contribution in [0.5, 0.6) is 0 Å². The van der Waals surface area contributed by atoms with E-state index in [1.807, 2.05) is 6.92 Å². The molecule has 1 fully saturated rings. The van der Waals surface area contributed by atoms with Gasteiger partial charge in [-0.05, 0) is 49.0 Å². The SMILES string of the molecule is CCc1nnsc1C(=O)Nc1cccc(S(=O)(=O)C2CCCC2)c1. The van der Waals surface area contributed by atoms with E-state index in [1.165, 1.54) is 6.07 Å². The normalized spacial score (nSPS) is 15.5. The third kappa shape index (κ3) is 3.34. The predicted octanol–water partition coefficient (Wildman–Crippen LogP) is 3.07. The van der Waals surface area contributed by atoms with Crippen molar-refractivity contribution in [2.24, 2.45) is 0 Å². The number of nitrogens with one attached hydrogen (secondary N) is 1. The van der Waals surface area contributed by atoms with Crippen LogP contribution in [0, 0.1) is 0 Å². The van der Waals surface area contributed by atoms with Gasteiger partial charge in [-0.2, -0.15) is 0 Å². The number of hydrogen-bond donors (Lipinski definition) is 1. The molecule has 1 saturated carbocycles. The molecular formula is C16H19N3O3S2. The molecule has 0 atom stereocenters. The molecule has 8 heteroatoms. The predicted molar refractivity (Wildman–Crippen MR) is 93.1 cm³/mol. The molecule has 0 spiro atoms. The van der Waals surface area contributed by atoms with E-state index in [4.69, 9.17) is 0 Å². The molecule has 0 aliphatic heterocycles. The Balaban J connectivity index is 1.82. The Hall–Kier alpha value is -1.80. The molecule has 0 saturated heterocycles. The number of carbonyl (C=O) groups is 1. The number of aryl methyl sites for hydroxylation is 1. The fraction of sp³-hybridized carbons (Fsp3) is 0.438. The Kier molecular flexibility index (Phi) is 4.96. The first-order valence-corrected chi connectivity index (χ1v) is 10.3. The molecule has 128 valence electrons. The molecule has 1 heterocycles. The summed E-state index contributed by atoms with van der Waals surface area (Å²) in [5.41, 5.74) is 1.11. The number of nitrogens with zero attached hydrogens (tertiary/aromatic N) is 2. The molecule has 6 nitrogen and oxygen atoms in total. The molecule has 1 aromatic heterocycles. The second-order valence-corrected chi connectivity index (χ2v) is 8.82. The van der Waals surface area contributed by atoms with Crippen LogP contribution in [0.3, 0.4) is 0 Å². The number of benzene rings is 1. The van der Waals surface area contributed by atoms with Crippen LogP contribution in [0.2, 0.25) is 0 Å². The molecule has 0 radical (unpaired) electrons. The second-order valence-electron chi connectivity index (χ2n) is 5.84. The lowest BCUT2D eigenvalue weighted by Crippen LogP contribution is -2.18. The third-order valence-corrected chi connectivity index (χ3v) is 7.29. The number of aromatic nitrogens is 2. The van der Waals surface area contributed by atoms with E-state index >= 15 is 0 Å². The van der Waals surface area contributed by atoms with E-state index in [1.54, 1.807) is 18.2 Å². The Morgan fingerprint density at radius 2 is 2.08 bits per heavy atom. The molecule has 1 aliphatic rings. The molecule has 1 N–H and O–H groups in total. The number of carbonyl (C=O) groups excluding carboxylic acids is 1. The van der Waals surface area contributed by atoms with Gasteiger partial charge < -0.3 is 5.32 Å². The highest BCUT2D eigenvalue weighted by molar-refractivity contribution is 7.92. The lowest BCUT2D eigenvalue weighted by molar-refractivity contribution is 0.102. The van der Waals surface area contributed by atoms with Gasteiger partial charge in [0, 0.05) is 5.69 Å². The minimum atomic E-state index is -3.34. The Morgan fingerprint density at radius 3 is 2.79 bits per heavy atom. The molecule has 24 heavy (non-hydrogen) atoms. The largest absolute Gasteiger partial charge is 0.321 e. The van der Waals surface area contributed by atoms with Crippen molar-refractivity contribution in [3.8, 4) is 0 Å². The van der Waals surface area contributed by atoms with Crippen molar-refractivity contribution < 1.29 is 13.2 Å². The lowest BCUT2D eigenvalue weighted by Gasteiger charge is -2.12. The average Bonchev–Trinajstić information content (AvgIpc) is 3.26. The zero-order valence-corrected chi connectivity index (χ0v) is 15.0. The fourth-order valence-corrected chi connectivity index (χ4v) is 5.49. The minimum Gasteiger partial charge on any atom is -0.321 e. The smallest absolute Gasteiger partial charge is 0.269 e. The third-order valence-electron chi connectivity index (χ3n) is 4.26. The van der Waals surface area contributed by atoms with Crippen LogP contribution in [-0.4, -0.2) is 29.2 Å². The summed E-state index contributed by atoms with van der Waals surface area (Å²) in [6.45, 7) is 1.91. The van der Waals surface area contributed by atoms with Crippen LogP contribution in [-0.2, 0) is 16.3 Å². The molecule has 1 aliphatic carbocycles. The highest BCUT2D eigenvalue weighted by atomic mass is 32.2. The van der Waals surface area contributed by atoms with Crippen LogP contribution in [0.15, 0.2) is 29.2 Å². The first-order chi connectivity index (χ1) is 11.5. The van der Waals surface area contributed by atoms with Gasteiger partial charge in [-0.3, -0.25) is 4.79 Å². The van der Waals surface area contributed by atoms with Gasteiger partial charge in [-0.25, -0.2) is 8.42 Å². The first-order valence-electron chi connectivity index (χ1n) is 7.99. The Morgan fingerprint density at radius 1 is 1.33 bits per heavy atom. The van der Waals surface area contributed by atoms with Gasteiger partial charge in [-0.1, -0.05) is 30.3 Å². The van der Waals surface area contributed by atoms with E-state index in [2.05, 4.69) is 14.9 Å². The summed E-state index contributed by atoms with van der Waals surface area (Å²) in [5.74, 6) is -0.308. The lowest BCUT2D eigenvalue weighted by atomic mass is 10.2. The van der Waals surface area contributed by atoms with Gasteiger partial charge in [0.1, 0.15) is 4.88 Å². The molecule has 0 bridgehead atoms. The number of anilines is 1. The Labute approximate surface area is 145 Å². The van der Waals surface area contributed by atoms with Crippen LogP contribution >= 0.6 is 11.5 Å². The number of rotatable bonds is 5. The van der Waals surface area contributed by atoms with E-state index in [-0.39, 0.29) is 16.1 Å². The minimum absolute atomic E-state index is 0.269. The van der Waals surface area contributed by atoms with Crippen molar-refractivity contribution in [3.63, 3.8) is 0 Å². The quantitative estimate of drug-likeness (QED) is 0.879. The van der Waals surface area contributed by atoms with E-state index < -0.39 is 9.84 Å². The summed E-state index contributed by atoms with van der Waals surface area (Å²) in [6.07, 6.45) is 3.96. The van der Waals surface area contributed by atoms with Crippen molar-refractivity contribution in [1.29, 1.82) is 0 Å². The Bertz CT molecular complexity index is 840. The van der Waals surface area contributed by atoms with E-state index in [0.717, 1.165) is 24.4 Å². The summed E-state index contributed by atoms with van der Waals surface area (Å²) >= 11 is 1.04. The van der Waals surface area contributed by atoms with Crippen molar-refractivity contribution in [1.82, 2.24) is 9.59 Å². The maximum atomic E-state index is 12.7. The van der Waals surface area contributed by atoms with Crippen LogP contribution in [0.25, 0.3) is 0 Å². The van der Waals surface area contributed by atoms with Gasteiger partial charge in [0.15, 0.2) is 9.84 Å². The standard InChI is InChI=1S/C16H19N3O3S2/c1-2-14-15(23-19-18-14)16(20)17-11-6-5-9-13(10-11)24(21,22)12-7-3-4-8-12/h5-6,9-10,12H,2-4,7-8H2,1H3,(H,17,20). The summed E-state index contributed by atoms with van der Waals surface area (Å²) in [4.78, 5) is 13.1. The van der Waals surface area contributed by atoms with Crippen LogP contribution in [0.4, 0.5) is 5.69 Å². The second kappa shape index (κ2) is 6.98. The summed E-state index contributed by atoms with van der Waals surface area (Å²) in [5, 5.41) is 6.36. The molecule has 1 amide bonds. The van der Waals surface area contributed by atoms with Crippen molar-refractivity contribution >= 4 is 33.0 Å². The average molecular weight is 365 g/mol. The highest BCUT2D eigenvalue weighted by Gasteiger charge is 2.30. The van der Waals surface area contributed by atoms with Gasteiger partial charge in [0.25, 0.3) is 5.91 Å². The molecule has 0 unspecified atom stereocenters. The van der Waals surface area contributed by atoms with E-state index in [0.29, 0.717) is 35.5 Å². The van der Waals surface area contributed by atoms with Crippen molar-refractivity contribution in [3.05, 3.63) is 34.8 Å². The van der Waals surface area contributed by atoms with E-state index in [9.17, 15) is 13.2 Å². The zero-order chi connectivity index (χ0) is 17.2. The summed E-state index contributed by atoms with van der Waals surface area (Å²) < 4.78 is 29.1. The monoisotopic (exact) mass is 365 g/mol. The molecule has 3 rings (SSSR count). The number of amides is 1. The number of sulfone groups is 1. The summed E-state index contributed by atoms with van der Waals surface area (Å²) in [7, 11) is -3.34. The topological polar surface area (TPSA) is 89.0 Å². The first kappa shape index (κ1) is 17.0. The maximum absolute atomic E-state index is 12.7. The van der Waals surface area contributed by atoms with Gasteiger partial charge in [-0.15, -0.1) is 5.10 Å². The van der Waals surface area contributed by atoms with Gasteiger partial charge in [0.2, 0.25) is 0 Å². The van der Waals surface area contributed by atoms with Crippen molar-refractivity contribution in [2.45, 2.75) is 49.2 Å². The van der Waals surface area contributed by atoms with Crippen molar-refractivity contribution in [2.75, 3.05) is 5.32 Å². The van der Waals surface area contributed by atoms with Crippen LogP contribution < -0.4 is 5.32 Å². The molecule has 2 aromatic rings. The van der Waals surface area contributed by atoms with Gasteiger partial charge >= 0.3 is 0 Å².